The van der Waals surface area contributed by atoms with E-state index in [0.29, 0.717) is 16.7 Å². The molecule has 0 aliphatic carbocycles. The molecule has 0 bridgehead atoms. The summed E-state index contributed by atoms with van der Waals surface area (Å²) >= 11 is 0. The molecule has 0 saturated heterocycles. The number of esters is 1. The molecule has 7 nitrogen and oxygen atoms in total. The van der Waals surface area contributed by atoms with Gasteiger partial charge in [-0.1, -0.05) is 44.2 Å². The summed E-state index contributed by atoms with van der Waals surface area (Å²) in [4.78, 5) is 24.0. The normalized spacial score (nSPS) is 17.6. The van der Waals surface area contributed by atoms with Crippen LogP contribution < -0.4 is 0 Å². The molecular formula is C23H19NO6. The zero-order chi connectivity index (χ0) is 21.6. The number of phenolic OH excluding ortho intramolecular Hbond substituents is 2. The Hall–Kier alpha value is -3.87. The first-order valence-corrected chi connectivity index (χ1v) is 9.40. The predicted molar refractivity (Wildman–Crippen MR) is 109 cm³/mol. The molecule has 0 saturated carbocycles. The third-order valence-electron chi connectivity index (χ3n) is 5.39. The maximum absolute atomic E-state index is 12.7. The van der Waals surface area contributed by atoms with Crippen LogP contribution in [0.1, 0.15) is 52.4 Å². The summed E-state index contributed by atoms with van der Waals surface area (Å²) in [5.41, 5.74) is -0.0707. The average Bonchev–Trinajstić information content (AvgIpc) is 3.03. The summed E-state index contributed by atoms with van der Waals surface area (Å²) < 4.78 is 5.83. The van der Waals surface area contributed by atoms with Crippen LogP contribution >= 0.6 is 0 Å². The number of nitrogens with zero attached hydrogens (tertiary/aromatic N) is 1. The molecule has 0 fully saturated rings. The van der Waals surface area contributed by atoms with Gasteiger partial charge >= 0.3 is 5.97 Å². The number of benzene rings is 3. The number of cyclic esters (lactones) is 1. The van der Waals surface area contributed by atoms with Crippen molar-refractivity contribution in [1.82, 2.24) is 0 Å². The molecule has 0 radical (unpaired) electrons. The zero-order valence-electron chi connectivity index (χ0n) is 16.3. The van der Waals surface area contributed by atoms with E-state index in [9.17, 15) is 25.1 Å². The minimum atomic E-state index is -1.64. The molecule has 1 aliphatic heterocycles. The number of aromatic hydroxyl groups is 2. The second-order valence-corrected chi connectivity index (χ2v) is 7.50. The van der Waals surface area contributed by atoms with Crippen LogP contribution in [0, 0.1) is 10.1 Å². The van der Waals surface area contributed by atoms with Gasteiger partial charge in [-0.2, -0.15) is 0 Å². The maximum atomic E-state index is 12.7. The summed E-state index contributed by atoms with van der Waals surface area (Å²) in [5.74, 6) is -1.07. The largest absolute Gasteiger partial charge is 0.508 e. The van der Waals surface area contributed by atoms with Gasteiger partial charge in [0, 0.05) is 22.8 Å². The van der Waals surface area contributed by atoms with Crippen molar-refractivity contribution in [1.29, 1.82) is 0 Å². The number of carbonyl (C=O) groups is 1. The lowest BCUT2D eigenvalue weighted by atomic mass is 9.78. The van der Waals surface area contributed by atoms with Crippen LogP contribution in [0.4, 0.5) is 5.69 Å². The van der Waals surface area contributed by atoms with Crippen LogP contribution in [0.15, 0.2) is 60.7 Å². The molecule has 1 unspecified atom stereocenters. The molecule has 2 N–H and O–H groups in total. The first-order chi connectivity index (χ1) is 14.3. The highest BCUT2D eigenvalue weighted by Crippen LogP contribution is 2.51. The van der Waals surface area contributed by atoms with E-state index in [1.54, 1.807) is 36.4 Å². The Balaban J connectivity index is 2.10. The molecule has 1 atom stereocenters. The molecule has 0 spiro atoms. The second-order valence-electron chi connectivity index (χ2n) is 7.50. The second kappa shape index (κ2) is 6.88. The van der Waals surface area contributed by atoms with E-state index in [1.165, 1.54) is 24.3 Å². The Morgan fingerprint density at radius 1 is 1.00 bits per heavy atom. The van der Waals surface area contributed by atoms with E-state index in [4.69, 9.17) is 4.74 Å². The van der Waals surface area contributed by atoms with Gasteiger partial charge in [0.15, 0.2) is 5.60 Å². The van der Waals surface area contributed by atoms with Crippen molar-refractivity contribution in [2.75, 3.05) is 0 Å². The Bertz CT molecular complexity index is 1190. The number of nitro benzene ring substituents is 1. The van der Waals surface area contributed by atoms with E-state index in [0.717, 1.165) is 0 Å². The summed E-state index contributed by atoms with van der Waals surface area (Å²) in [6, 6.07) is 15.2. The van der Waals surface area contributed by atoms with Crippen molar-refractivity contribution in [2.24, 2.45) is 0 Å². The Morgan fingerprint density at radius 2 is 1.73 bits per heavy atom. The topological polar surface area (TPSA) is 110 Å². The monoisotopic (exact) mass is 405 g/mol. The van der Waals surface area contributed by atoms with Crippen LogP contribution in [0.5, 0.6) is 11.5 Å². The first-order valence-electron chi connectivity index (χ1n) is 9.40. The smallest absolute Gasteiger partial charge is 0.340 e. The van der Waals surface area contributed by atoms with Crippen LogP contribution in [-0.2, 0) is 10.3 Å². The van der Waals surface area contributed by atoms with Crippen molar-refractivity contribution < 1.29 is 24.7 Å². The number of fused-ring (bicyclic) bond motifs is 1. The molecule has 3 aromatic rings. The van der Waals surface area contributed by atoms with Gasteiger partial charge < -0.3 is 14.9 Å². The van der Waals surface area contributed by atoms with Crippen molar-refractivity contribution in [2.45, 2.75) is 25.4 Å². The molecule has 152 valence electrons. The molecule has 4 rings (SSSR count). The molecule has 0 amide bonds. The van der Waals surface area contributed by atoms with Gasteiger partial charge in [-0.25, -0.2) is 4.79 Å². The predicted octanol–water partition coefficient (Wildman–Crippen LogP) is 4.59. The highest BCUT2D eigenvalue weighted by Gasteiger charge is 2.50. The molecule has 1 heterocycles. The number of hydrogen-bond donors (Lipinski definition) is 2. The average molecular weight is 405 g/mol. The van der Waals surface area contributed by atoms with Gasteiger partial charge in [0.05, 0.1) is 16.1 Å². The fraction of sp³-hybridized carbons (Fsp3) is 0.174. The third-order valence-corrected chi connectivity index (χ3v) is 5.39. The van der Waals surface area contributed by atoms with Crippen LogP contribution in [-0.4, -0.2) is 21.1 Å². The van der Waals surface area contributed by atoms with E-state index in [2.05, 4.69) is 0 Å². The molecule has 30 heavy (non-hydrogen) atoms. The number of carbonyl (C=O) groups excluding carboxylic acids is 1. The zero-order valence-corrected chi connectivity index (χ0v) is 16.3. The fourth-order valence-electron chi connectivity index (χ4n) is 4.00. The van der Waals surface area contributed by atoms with Crippen LogP contribution in [0.2, 0.25) is 0 Å². The Morgan fingerprint density at radius 3 is 2.43 bits per heavy atom. The molecule has 3 aromatic carbocycles. The SMILES string of the molecule is CC(C)c1ccc(C2(c3cc(O)ccc3O)OC(=O)c3ccccc32)cc1[N+](=O)[O-]. The summed E-state index contributed by atoms with van der Waals surface area (Å²) in [6.07, 6.45) is 0. The maximum Gasteiger partial charge on any atom is 0.340 e. The molecule has 1 aliphatic rings. The third kappa shape index (κ3) is 2.78. The van der Waals surface area contributed by atoms with Gasteiger partial charge in [0.25, 0.3) is 5.69 Å². The van der Waals surface area contributed by atoms with Gasteiger partial charge in [-0.15, -0.1) is 0 Å². The van der Waals surface area contributed by atoms with E-state index in [-0.39, 0.29) is 34.2 Å². The fourth-order valence-corrected chi connectivity index (χ4v) is 4.00. The van der Waals surface area contributed by atoms with Gasteiger partial charge in [0.1, 0.15) is 11.5 Å². The Kier molecular flexibility index (Phi) is 4.46. The van der Waals surface area contributed by atoms with Crippen molar-refractivity contribution in [3.63, 3.8) is 0 Å². The van der Waals surface area contributed by atoms with E-state index < -0.39 is 16.5 Å². The van der Waals surface area contributed by atoms with Gasteiger partial charge in [0.2, 0.25) is 0 Å². The highest BCUT2D eigenvalue weighted by molar-refractivity contribution is 5.96. The number of rotatable bonds is 4. The summed E-state index contributed by atoms with van der Waals surface area (Å²) in [7, 11) is 0. The highest BCUT2D eigenvalue weighted by atomic mass is 16.6. The lowest BCUT2D eigenvalue weighted by Crippen LogP contribution is -2.30. The number of nitro groups is 1. The van der Waals surface area contributed by atoms with Crippen LogP contribution in [0.3, 0.4) is 0 Å². The summed E-state index contributed by atoms with van der Waals surface area (Å²) in [5, 5.41) is 32.5. The van der Waals surface area contributed by atoms with Crippen molar-refractivity contribution in [3.05, 3.63) is 98.6 Å². The van der Waals surface area contributed by atoms with Gasteiger partial charge in [-0.3, -0.25) is 10.1 Å². The number of ether oxygens (including phenoxy) is 1. The summed E-state index contributed by atoms with van der Waals surface area (Å²) in [6.45, 7) is 3.70. The Labute approximate surface area is 172 Å². The van der Waals surface area contributed by atoms with Crippen molar-refractivity contribution >= 4 is 11.7 Å². The van der Waals surface area contributed by atoms with Crippen LogP contribution in [0.25, 0.3) is 0 Å². The molecule has 7 heteroatoms. The number of phenols is 2. The van der Waals surface area contributed by atoms with Gasteiger partial charge in [-0.05, 0) is 30.2 Å². The lowest BCUT2D eigenvalue weighted by Gasteiger charge is -2.31. The van der Waals surface area contributed by atoms with E-state index in [1.807, 2.05) is 13.8 Å². The standard InChI is InChI=1S/C23H19NO6/c1-13(2)16-9-7-14(11-20(16)24(28)29)23(19-12-15(25)8-10-21(19)26)18-6-4-3-5-17(18)22(27)30-23/h3-13,25-26H,1-2H3. The minimum Gasteiger partial charge on any atom is -0.508 e. The molecular weight excluding hydrogens is 386 g/mol. The quantitative estimate of drug-likeness (QED) is 0.284. The van der Waals surface area contributed by atoms with Crippen molar-refractivity contribution in [3.8, 4) is 11.5 Å². The number of hydrogen-bond acceptors (Lipinski definition) is 6. The first kappa shape index (κ1) is 19.4. The van der Waals surface area contributed by atoms with E-state index >= 15 is 0 Å². The lowest BCUT2D eigenvalue weighted by molar-refractivity contribution is -0.385. The molecule has 0 aromatic heterocycles. The minimum absolute atomic E-state index is 0.0945.